The van der Waals surface area contributed by atoms with Crippen LogP contribution in [0.25, 0.3) is 16.7 Å². The molecule has 1 N–H and O–H groups in total. The van der Waals surface area contributed by atoms with Gasteiger partial charge in [0.05, 0.1) is 7.11 Å². The third kappa shape index (κ3) is 5.19. The largest absolute Gasteiger partial charge is 0.497 e. The van der Waals surface area contributed by atoms with Gasteiger partial charge >= 0.3 is 0 Å². The summed E-state index contributed by atoms with van der Waals surface area (Å²) in [4.78, 5) is 12.0. The van der Waals surface area contributed by atoms with Gasteiger partial charge in [-0.2, -0.15) is 0 Å². The molecule has 3 nitrogen and oxygen atoms in total. The monoisotopic (exact) mass is 371 g/mol. The fraction of sp³-hybridized carbons (Fsp3) is 0.348. The van der Waals surface area contributed by atoms with Crippen molar-refractivity contribution in [2.75, 3.05) is 14.2 Å². The first-order valence-corrected chi connectivity index (χ1v) is 9.29. The van der Waals surface area contributed by atoms with Crippen molar-refractivity contribution in [3.8, 4) is 16.9 Å². The van der Waals surface area contributed by atoms with Gasteiger partial charge in [-0.15, -0.1) is 0 Å². The first-order chi connectivity index (χ1) is 12.9. The molecule has 0 aliphatic rings. The molecule has 0 aliphatic heterocycles. The zero-order valence-corrected chi connectivity index (χ0v) is 17.4. The number of amides is 1. The van der Waals surface area contributed by atoms with Gasteiger partial charge in [0.1, 0.15) is 11.6 Å². The number of hydrogen-bond donors (Lipinski definition) is 1. The lowest BCUT2D eigenvalue weighted by Gasteiger charge is -2.17. The van der Waals surface area contributed by atoms with Crippen molar-refractivity contribution in [3.63, 3.8) is 0 Å². The molecule has 0 heterocycles. The Bertz CT molecular complexity index is 808. The van der Waals surface area contributed by atoms with Crippen molar-refractivity contribution in [2.45, 2.75) is 41.0 Å². The number of rotatable bonds is 5. The third-order valence-corrected chi connectivity index (χ3v) is 4.50. The van der Waals surface area contributed by atoms with E-state index in [0.29, 0.717) is 5.57 Å². The Kier molecular flexibility index (Phi) is 8.73. The van der Waals surface area contributed by atoms with E-state index in [4.69, 9.17) is 4.74 Å². The van der Waals surface area contributed by atoms with Gasteiger partial charge in [0.25, 0.3) is 0 Å². The van der Waals surface area contributed by atoms with Crippen LogP contribution in [-0.2, 0) is 11.2 Å². The summed E-state index contributed by atoms with van der Waals surface area (Å²) in [6.07, 6.45) is 0.731. The Morgan fingerprint density at radius 3 is 2.19 bits per heavy atom. The Morgan fingerprint density at radius 2 is 1.70 bits per heavy atom. The summed E-state index contributed by atoms with van der Waals surface area (Å²) >= 11 is 0. The maximum atomic E-state index is 14.3. The molecular formula is C23H30FNO2. The lowest BCUT2D eigenvalue weighted by molar-refractivity contribution is -0.116. The van der Waals surface area contributed by atoms with E-state index in [1.807, 2.05) is 52.0 Å². The molecule has 0 atom stereocenters. The third-order valence-electron chi connectivity index (χ3n) is 4.50. The first kappa shape index (κ1) is 22.4. The predicted octanol–water partition coefficient (Wildman–Crippen LogP) is 5.63. The van der Waals surface area contributed by atoms with Crippen LogP contribution in [0.1, 0.15) is 45.7 Å². The second-order valence-corrected chi connectivity index (χ2v) is 5.89. The van der Waals surface area contributed by atoms with Crippen molar-refractivity contribution in [3.05, 3.63) is 58.9 Å². The van der Waals surface area contributed by atoms with E-state index >= 15 is 0 Å². The Morgan fingerprint density at radius 1 is 1.11 bits per heavy atom. The van der Waals surface area contributed by atoms with Crippen LogP contribution in [0.3, 0.4) is 0 Å². The van der Waals surface area contributed by atoms with Crippen molar-refractivity contribution >= 4 is 11.5 Å². The summed E-state index contributed by atoms with van der Waals surface area (Å²) in [5.41, 5.74) is 4.92. The fourth-order valence-corrected chi connectivity index (χ4v) is 2.94. The van der Waals surface area contributed by atoms with Crippen LogP contribution in [-0.4, -0.2) is 20.1 Å². The molecule has 0 spiro atoms. The van der Waals surface area contributed by atoms with E-state index in [1.165, 1.54) is 6.07 Å². The Labute approximate surface area is 162 Å². The summed E-state index contributed by atoms with van der Waals surface area (Å²) in [5, 5.41) is 2.62. The van der Waals surface area contributed by atoms with E-state index in [-0.39, 0.29) is 11.7 Å². The fourth-order valence-electron chi connectivity index (χ4n) is 2.94. The second kappa shape index (κ2) is 10.5. The van der Waals surface area contributed by atoms with Gasteiger partial charge < -0.3 is 10.1 Å². The van der Waals surface area contributed by atoms with E-state index < -0.39 is 0 Å². The van der Waals surface area contributed by atoms with Crippen molar-refractivity contribution in [1.29, 1.82) is 0 Å². The number of methoxy groups -OCH3 is 1. The Balaban J connectivity index is 0.00000176. The highest BCUT2D eigenvalue weighted by molar-refractivity contribution is 6.00. The van der Waals surface area contributed by atoms with Gasteiger partial charge in [0.2, 0.25) is 5.91 Å². The zero-order valence-electron chi connectivity index (χ0n) is 17.4. The van der Waals surface area contributed by atoms with Gasteiger partial charge in [-0.3, -0.25) is 4.79 Å². The minimum absolute atomic E-state index is 0.158. The van der Waals surface area contributed by atoms with Crippen LogP contribution in [0.5, 0.6) is 5.75 Å². The van der Waals surface area contributed by atoms with Gasteiger partial charge in [0.15, 0.2) is 0 Å². The molecule has 0 aliphatic carbocycles. The zero-order chi connectivity index (χ0) is 20.6. The number of carbonyl (C=O) groups excluding carboxylic acids is 1. The number of hydrogen-bond acceptors (Lipinski definition) is 2. The van der Waals surface area contributed by atoms with Crippen LogP contribution in [0, 0.1) is 5.82 Å². The summed E-state index contributed by atoms with van der Waals surface area (Å²) < 4.78 is 19.5. The highest BCUT2D eigenvalue weighted by atomic mass is 19.1. The van der Waals surface area contributed by atoms with Gasteiger partial charge in [0, 0.05) is 12.6 Å². The standard InChI is InChI=1S/C21H24FNO2.C2H6/c1-6-18-19(13(2)14(3)21(24)23-4)11-16(22)12-20(18)15-7-9-17(25-5)10-8-15;1-2/h7-12H,6H2,1-5H3,(H,23,24);1-2H3/b14-13+;. The van der Waals surface area contributed by atoms with Gasteiger partial charge in [-0.1, -0.05) is 32.9 Å². The lowest BCUT2D eigenvalue weighted by atomic mass is 9.89. The molecule has 0 aromatic heterocycles. The average Bonchev–Trinajstić information content (AvgIpc) is 2.72. The van der Waals surface area contributed by atoms with Crippen molar-refractivity contribution in [1.82, 2.24) is 5.32 Å². The summed E-state index contributed by atoms with van der Waals surface area (Å²) in [7, 11) is 3.21. The lowest BCUT2D eigenvalue weighted by Crippen LogP contribution is -2.19. The molecule has 27 heavy (non-hydrogen) atoms. The van der Waals surface area contributed by atoms with Gasteiger partial charge in [-0.05, 0) is 72.4 Å². The first-order valence-electron chi connectivity index (χ1n) is 9.29. The summed E-state index contributed by atoms with van der Waals surface area (Å²) in [6.45, 7) is 9.65. The normalized spacial score (nSPS) is 11.1. The maximum absolute atomic E-state index is 14.3. The number of benzene rings is 2. The maximum Gasteiger partial charge on any atom is 0.246 e. The average molecular weight is 371 g/mol. The van der Waals surface area contributed by atoms with E-state index in [0.717, 1.165) is 40.0 Å². The molecular weight excluding hydrogens is 341 g/mol. The molecule has 0 unspecified atom stereocenters. The molecule has 0 saturated carbocycles. The topological polar surface area (TPSA) is 38.3 Å². The SMILES string of the molecule is CC.CCc1c(/C(C)=C(\C)C(=O)NC)cc(F)cc1-c1ccc(OC)cc1. The molecule has 2 aromatic rings. The van der Waals surface area contributed by atoms with E-state index in [1.54, 1.807) is 27.1 Å². The minimum Gasteiger partial charge on any atom is -0.497 e. The van der Waals surface area contributed by atoms with Crippen LogP contribution < -0.4 is 10.1 Å². The molecule has 2 aromatic carbocycles. The van der Waals surface area contributed by atoms with Crippen molar-refractivity contribution < 1.29 is 13.9 Å². The highest BCUT2D eigenvalue weighted by Gasteiger charge is 2.16. The van der Waals surface area contributed by atoms with Gasteiger partial charge in [-0.25, -0.2) is 4.39 Å². The van der Waals surface area contributed by atoms with Crippen molar-refractivity contribution in [2.24, 2.45) is 0 Å². The number of nitrogens with one attached hydrogen (secondary N) is 1. The second-order valence-electron chi connectivity index (χ2n) is 5.89. The smallest absolute Gasteiger partial charge is 0.246 e. The summed E-state index contributed by atoms with van der Waals surface area (Å²) in [6, 6.07) is 10.6. The van der Waals surface area contributed by atoms with Crippen LogP contribution in [0.4, 0.5) is 4.39 Å². The van der Waals surface area contributed by atoms with Crippen LogP contribution in [0.15, 0.2) is 42.0 Å². The molecule has 0 fully saturated rings. The quantitative estimate of drug-likeness (QED) is 0.692. The highest BCUT2D eigenvalue weighted by Crippen LogP contribution is 2.33. The number of ether oxygens (including phenoxy) is 1. The molecule has 1 amide bonds. The number of allylic oxidation sites excluding steroid dienone is 1. The van der Waals surface area contributed by atoms with Crippen LogP contribution >= 0.6 is 0 Å². The minimum atomic E-state index is -0.318. The molecule has 146 valence electrons. The molecule has 0 saturated heterocycles. The molecule has 4 heteroatoms. The number of halogens is 1. The number of likely N-dealkylation sites (N-methyl/N-ethyl adjacent to an activating group) is 1. The van der Waals surface area contributed by atoms with E-state index in [2.05, 4.69) is 5.32 Å². The molecule has 0 radical (unpaired) electrons. The summed E-state index contributed by atoms with van der Waals surface area (Å²) in [5.74, 6) is 0.279. The van der Waals surface area contributed by atoms with Crippen LogP contribution in [0.2, 0.25) is 0 Å². The molecule has 2 rings (SSSR count). The van der Waals surface area contributed by atoms with E-state index in [9.17, 15) is 9.18 Å². The predicted molar refractivity (Wildman–Crippen MR) is 111 cm³/mol. The number of carbonyl (C=O) groups is 1. The Hall–Kier alpha value is -2.62. The molecule has 0 bridgehead atoms.